The van der Waals surface area contributed by atoms with Gasteiger partial charge in [-0.3, -0.25) is 0 Å². The Hall–Kier alpha value is -0.480. The Morgan fingerprint density at radius 3 is 2.88 bits per heavy atom. The molecule has 0 saturated carbocycles. The third-order valence-corrected chi connectivity index (χ3v) is 0.713. The van der Waals surface area contributed by atoms with E-state index in [-0.39, 0.29) is 0 Å². The van der Waals surface area contributed by atoms with E-state index in [9.17, 15) is 0 Å². The second kappa shape index (κ2) is 6.52. The number of hydrogen-bond acceptors (Lipinski definition) is 1. The fourth-order valence-corrected chi connectivity index (χ4v) is 0.340. The number of rotatable bonds is 3. The SMILES string of the molecule is CC#C[CH]NCCC. The van der Waals surface area contributed by atoms with Gasteiger partial charge in [0.05, 0.1) is 6.54 Å². The molecule has 45 valence electrons. The minimum Gasteiger partial charge on any atom is -0.302 e. The van der Waals surface area contributed by atoms with Crippen molar-refractivity contribution in [2.75, 3.05) is 6.54 Å². The molecule has 0 saturated heterocycles. The summed E-state index contributed by atoms with van der Waals surface area (Å²) < 4.78 is 0. The lowest BCUT2D eigenvalue weighted by atomic mass is 10.5. The molecule has 0 aromatic heterocycles. The van der Waals surface area contributed by atoms with Gasteiger partial charge in [0.2, 0.25) is 0 Å². The van der Waals surface area contributed by atoms with Gasteiger partial charge in [0.1, 0.15) is 0 Å². The lowest BCUT2D eigenvalue weighted by Gasteiger charge is -1.91. The molecular weight excluding hydrogens is 98.1 g/mol. The quantitative estimate of drug-likeness (QED) is 0.425. The monoisotopic (exact) mass is 110 g/mol. The van der Waals surface area contributed by atoms with E-state index in [1.807, 2.05) is 6.92 Å². The van der Waals surface area contributed by atoms with E-state index in [1.165, 1.54) is 0 Å². The summed E-state index contributed by atoms with van der Waals surface area (Å²) >= 11 is 0. The lowest BCUT2D eigenvalue weighted by molar-refractivity contribution is 0.785. The van der Waals surface area contributed by atoms with Crippen LogP contribution in [0.25, 0.3) is 0 Å². The maximum absolute atomic E-state index is 3.04. The average molecular weight is 110 g/mol. The Labute approximate surface area is 51.5 Å². The second-order valence-corrected chi connectivity index (χ2v) is 1.49. The summed E-state index contributed by atoms with van der Waals surface area (Å²) in [5, 5.41) is 3.04. The highest BCUT2D eigenvalue weighted by atomic mass is 14.8. The molecule has 1 heteroatoms. The molecule has 0 aromatic carbocycles. The zero-order valence-electron chi connectivity index (χ0n) is 5.49. The molecule has 0 aromatic rings. The van der Waals surface area contributed by atoms with Crippen molar-refractivity contribution >= 4 is 0 Å². The molecule has 0 rings (SSSR count). The van der Waals surface area contributed by atoms with Gasteiger partial charge in [0.15, 0.2) is 0 Å². The summed E-state index contributed by atoms with van der Waals surface area (Å²) in [6, 6.07) is 0. The van der Waals surface area contributed by atoms with Crippen molar-refractivity contribution < 1.29 is 0 Å². The standard InChI is InChI=1S/C7H12N/c1-3-5-7-8-6-4-2/h7-8H,4,6H2,1-2H3. The van der Waals surface area contributed by atoms with Crippen LogP contribution < -0.4 is 5.32 Å². The van der Waals surface area contributed by atoms with Crippen LogP contribution in [0.1, 0.15) is 20.3 Å². The van der Waals surface area contributed by atoms with Crippen molar-refractivity contribution in [1.29, 1.82) is 0 Å². The maximum Gasteiger partial charge on any atom is 0.0959 e. The Kier molecular flexibility index (Phi) is 6.13. The largest absolute Gasteiger partial charge is 0.302 e. The molecule has 1 radical (unpaired) electrons. The first-order valence-electron chi connectivity index (χ1n) is 2.89. The summed E-state index contributed by atoms with van der Waals surface area (Å²) in [5.74, 6) is 5.56. The first-order chi connectivity index (χ1) is 3.91. The highest BCUT2D eigenvalue weighted by Crippen LogP contribution is 1.70. The van der Waals surface area contributed by atoms with Crippen LogP contribution in [0.5, 0.6) is 0 Å². The van der Waals surface area contributed by atoms with Crippen LogP contribution in [0.2, 0.25) is 0 Å². The van der Waals surface area contributed by atoms with Crippen molar-refractivity contribution in [3.63, 3.8) is 0 Å². The normalized spacial score (nSPS) is 7.75. The number of hydrogen-bond donors (Lipinski definition) is 1. The third-order valence-electron chi connectivity index (χ3n) is 0.713. The summed E-state index contributed by atoms with van der Waals surface area (Å²) in [7, 11) is 0. The minimum atomic E-state index is 1.02. The van der Waals surface area contributed by atoms with Crippen molar-refractivity contribution in [2.45, 2.75) is 20.3 Å². The van der Waals surface area contributed by atoms with Gasteiger partial charge in [-0.15, -0.1) is 5.92 Å². The zero-order valence-corrected chi connectivity index (χ0v) is 5.49. The van der Waals surface area contributed by atoms with E-state index in [4.69, 9.17) is 0 Å². The molecule has 1 N–H and O–H groups in total. The predicted molar refractivity (Wildman–Crippen MR) is 36.0 cm³/mol. The summed E-state index contributed by atoms with van der Waals surface area (Å²) in [6.45, 7) is 6.75. The topological polar surface area (TPSA) is 12.0 Å². The Balaban J connectivity index is 2.79. The fourth-order valence-electron chi connectivity index (χ4n) is 0.340. The summed E-state index contributed by atoms with van der Waals surface area (Å²) in [5.41, 5.74) is 0. The van der Waals surface area contributed by atoms with Crippen LogP contribution in [0.15, 0.2) is 0 Å². The van der Waals surface area contributed by atoms with E-state index in [0.29, 0.717) is 0 Å². The molecule has 8 heavy (non-hydrogen) atoms. The zero-order chi connectivity index (χ0) is 6.24. The van der Waals surface area contributed by atoms with Gasteiger partial charge in [-0.1, -0.05) is 12.8 Å². The molecule has 0 aliphatic rings. The Bertz CT molecular complexity index is 86.3. The third kappa shape index (κ3) is 5.52. The van der Waals surface area contributed by atoms with Gasteiger partial charge in [-0.2, -0.15) is 0 Å². The molecular formula is C7H12N. The molecule has 0 amide bonds. The summed E-state index contributed by atoms with van der Waals surface area (Å²) in [6.07, 6.45) is 1.15. The molecule has 0 unspecified atom stereocenters. The molecule has 0 aliphatic heterocycles. The van der Waals surface area contributed by atoms with E-state index >= 15 is 0 Å². The fraction of sp³-hybridized carbons (Fsp3) is 0.571. The number of nitrogens with one attached hydrogen (secondary N) is 1. The lowest BCUT2D eigenvalue weighted by Crippen LogP contribution is -2.08. The predicted octanol–water partition coefficient (Wildman–Crippen LogP) is 1.17. The molecule has 0 atom stereocenters. The average Bonchev–Trinajstić information content (AvgIpc) is 1.81. The maximum atomic E-state index is 3.04. The van der Waals surface area contributed by atoms with Crippen molar-refractivity contribution in [3.05, 3.63) is 6.54 Å². The van der Waals surface area contributed by atoms with Crippen LogP contribution in [-0.2, 0) is 0 Å². The summed E-state index contributed by atoms with van der Waals surface area (Å²) in [4.78, 5) is 0. The highest BCUT2D eigenvalue weighted by molar-refractivity contribution is 5.05. The smallest absolute Gasteiger partial charge is 0.0959 e. The van der Waals surface area contributed by atoms with Gasteiger partial charge < -0.3 is 5.32 Å². The van der Waals surface area contributed by atoms with Crippen molar-refractivity contribution in [1.82, 2.24) is 5.32 Å². The van der Waals surface area contributed by atoms with E-state index in [2.05, 4.69) is 24.1 Å². The van der Waals surface area contributed by atoms with Crippen LogP contribution in [0, 0.1) is 18.4 Å². The molecule has 0 aliphatic carbocycles. The van der Waals surface area contributed by atoms with Crippen LogP contribution in [0.4, 0.5) is 0 Å². The van der Waals surface area contributed by atoms with Crippen LogP contribution >= 0.6 is 0 Å². The first-order valence-corrected chi connectivity index (χ1v) is 2.89. The van der Waals surface area contributed by atoms with Gasteiger partial charge in [0, 0.05) is 0 Å². The first kappa shape index (κ1) is 7.52. The van der Waals surface area contributed by atoms with Gasteiger partial charge >= 0.3 is 0 Å². The molecule has 0 bridgehead atoms. The second-order valence-electron chi connectivity index (χ2n) is 1.49. The Morgan fingerprint density at radius 1 is 1.62 bits per heavy atom. The van der Waals surface area contributed by atoms with E-state index in [0.717, 1.165) is 13.0 Å². The Morgan fingerprint density at radius 2 is 2.38 bits per heavy atom. The molecule has 1 nitrogen and oxygen atoms in total. The molecule has 0 fully saturated rings. The van der Waals surface area contributed by atoms with Gasteiger partial charge in [-0.25, -0.2) is 0 Å². The van der Waals surface area contributed by atoms with Gasteiger partial charge in [0.25, 0.3) is 0 Å². The van der Waals surface area contributed by atoms with Crippen LogP contribution in [-0.4, -0.2) is 6.54 Å². The van der Waals surface area contributed by atoms with Crippen molar-refractivity contribution in [3.8, 4) is 11.8 Å². The van der Waals surface area contributed by atoms with Crippen molar-refractivity contribution in [2.24, 2.45) is 0 Å². The van der Waals surface area contributed by atoms with Crippen LogP contribution in [0.3, 0.4) is 0 Å². The highest BCUT2D eigenvalue weighted by Gasteiger charge is 1.75. The molecule has 0 heterocycles. The minimum absolute atomic E-state index is 1.02. The van der Waals surface area contributed by atoms with Gasteiger partial charge in [-0.05, 0) is 19.9 Å². The molecule has 0 spiro atoms. The van der Waals surface area contributed by atoms with E-state index < -0.39 is 0 Å². The van der Waals surface area contributed by atoms with E-state index in [1.54, 1.807) is 6.54 Å².